The van der Waals surface area contributed by atoms with E-state index in [1.165, 1.54) is 0 Å². The van der Waals surface area contributed by atoms with E-state index in [1.807, 2.05) is 0 Å². The standard InChI is InChI=1S/C44H81N5O17/c1-35(39(52)31-36(33-50)43(45)56)7-3-5-11-48-41(54)9-13-58-15-17-60-19-21-62-23-25-64-27-29-66-30-28-65-26-24-63-22-20-61-18-16-59-14-10-42(55)49-12-6-4-8-38(47-2)40(53)32-37(34-51)44(46)57/h7,36-38,47,50-51H,3-6,8-34H2,1-2H3,(H2,45,56)(H2,46,57)(H,48,54)(H,49,55)/b35-7-. The van der Waals surface area contributed by atoms with Crippen molar-refractivity contribution in [1.29, 1.82) is 0 Å². The number of nitrogens with one attached hydrogen (secondary N) is 3. The summed E-state index contributed by atoms with van der Waals surface area (Å²) in [7, 11) is 1.66. The first kappa shape index (κ1) is 62.5. The minimum absolute atomic E-state index is 0.105. The lowest BCUT2D eigenvalue weighted by Crippen LogP contribution is -2.38. The maximum absolute atomic E-state index is 12.3. The first-order valence-corrected chi connectivity index (χ1v) is 22.9. The zero-order valence-corrected chi connectivity index (χ0v) is 39.4. The average Bonchev–Trinajstić information content (AvgIpc) is 3.29. The van der Waals surface area contributed by atoms with Gasteiger partial charge in [-0.15, -0.1) is 0 Å². The lowest BCUT2D eigenvalue weighted by atomic mass is 9.96. The lowest BCUT2D eigenvalue weighted by Gasteiger charge is -2.17. The molecule has 0 aromatic carbocycles. The molecule has 0 radical (unpaired) electrons. The number of ether oxygens (including phenoxy) is 9. The monoisotopic (exact) mass is 952 g/mol. The van der Waals surface area contributed by atoms with Crippen molar-refractivity contribution >= 4 is 35.2 Å². The molecule has 0 aliphatic carbocycles. The molecular formula is C44H81N5O17. The third kappa shape index (κ3) is 38.6. The third-order valence-corrected chi connectivity index (χ3v) is 9.62. The number of aliphatic hydroxyl groups is 2. The van der Waals surface area contributed by atoms with Crippen LogP contribution in [0.15, 0.2) is 11.6 Å². The van der Waals surface area contributed by atoms with E-state index in [0.717, 1.165) is 0 Å². The maximum Gasteiger partial charge on any atom is 0.223 e. The SMILES string of the molecule is CNC(CCCCNC(=O)CCOCCOCCOCCOCCOCCOCCOCCOCCOCCC(=O)NCCC/C=C(/C)C(=O)CC(CO)C(N)=O)C(=O)CC(CO)C(N)=O. The summed E-state index contributed by atoms with van der Waals surface area (Å²) in [4.78, 5) is 70.9. The van der Waals surface area contributed by atoms with Crippen molar-refractivity contribution < 1.29 is 81.6 Å². The number of carbonyl (C=O) groups is 6. The molecule has 3 unspecified atom stereocenters. The van der Waals surface area contributed by atoms with Gasteiger partial charge in [-0.2, -0.15) is 0 Å². The van der Waals surface area contributed by atoms with Crippen molar-refractivity contribution in [2.45, 2.75) is 70.8 Å². The zero-order valence-electron chi connectivity index (χ0n) is 39.4. The number of amides is 4. The summed E-state index contributed by atoms with van der Waals surface area (Å²) in [5, 5.41) is 26.9. The molecule has 22 heteroatoms. The molecule has 0 aromatic rings. The van der Waals surface area contributed by atoms with Gasteiger partial charge < -0.3 is 80.3 Å². The molecule has 0 bridgehead atoms. The molecular weight excluding hydrogens is 871 g/mol. The van der Waals surface area contributed by atoms with Crippen molar-refractivity contribution in [2.75, 3.05) is 152 Å². The fourth-order valence-corrected chi connectivity index (χ4v) is 5.58. The second-order valence-corrected chi connectivity index (χ2v) is 14.9. The van der Waals surface area contributed by atoms with Crippen molar-refractivity contribution in [3.8, 4) is 0 Å². The Kier molecular flexibility index (Phi) is 42.9. The minimum Gasteiger partial charge on any atom is -0.396 e. The number of allylic oxidation sites excluding steroid dienone is 2. The number of primary amides is 2. The number of likely N-dealkylation sites (N-methyl/N-ethyl adjacent to an activating group) is 1. The van der Waals surface area contributed by atoms with E-state index in [-0.39, 0.29) is 62.3 Å². The van der Waals surface area contributed by atoms with Gasteiger partial charge in [0.1, 0.15) is 0 Å². The van der Waals surface area contributed by atoms with Crippen LogP contribution in [0.1, 0.15) is 64.7 Å². The molecule has 0 rings (SSSR count). The van der Waals surface area contributed by atoms with E-state index in [1.54, 1.807) is 20.0 Å². The number of aliphatic hydroxyl groups excluding tert-OH is 2. The van der Waals surface area contributed by atoms with Crippen LogP contribution in [0.25, 0.3) is 0 Å². The Morgan fingerprint density at radius 3 is 1.21 bits per heavy atom. The number of rotatable bonds is 50. The fraction of sp³-hybridized carbons (Fsp3) is 0.818. The van der Waals surface area contributed by atoms with Crippen LogP contribution in [0.3, 0.4) is 0 Å². The first-order valence-electron chi connectivity index (χ1n) is 22.9. The summed E-state index contributed by atoms with van der Waals surface area (Å²) in [6.45, 7) is 8.84. The predicted molar refractivity (Wildman–Crippen MR) is 241 cm³/mol. The molecule has 66 heavy (non-hydrogen) atoms. The van der Waals surface area contributed by atoms with Gasteiger partial charge >= 0.3 is 0 Å². The van der Waals surface area contributed by atoms with Crippen LogP contribution in [0.4, 0.5) is 0 Å². The van der Waals surface area contributed by atoms with E-state index in [9.17, 15) is 33.9 Å². The molecule has 0 spiro atoms. The average molecular weight is 952 g/mol. The van der Waals surface area contributed by atoms with E-state index >= 15 is 0 Å². The number of hydrogen-bond donors (Lipinski definition) is 7. The summed E-state index contributed by atoms with van der Waals surface area (Å²) in [6, 6.07) is -0.442. The van der Waals surface area contributed by atoms with Gasteiger partial charge in [0.05, 0.1) is 150 Å². The van der Waals surface area contributed by atoms with Gasteiger partial charge in [0.2, 0.25) is 23.6 Å². The van der Waals surface area contributed by atoms with Crippen LogP contribution in [0, 0.1) is 11.8 Å². The number of unbranched alkanes of at least 4 members (excludes halogenated alkanes) is 2. The first-order chi connectivity index (χ1) is 32.0. The molecule has 0 aliphatic rings. The molecule has 0 saturated carbocycles. The van der Waals surface area contributed by atoms with Gasteiger partial charge in [0.15, 0.2) is 11.6 Å². The molecule has 0 heterocycles. The summed E-state index contributed by atoms with van der Waals surface area (Å²) < 4.78 is 49.2. The van der Waals surface area contributed by atoms with Crippen LogP contribution < -0.4 is 27.4 Å². The zero-order chi connectivity index (χ0) is 48.9. The van der Waals surface area contributed by atoms with Crippen molar-refractivity contribution in [3.63, 3.8) is 0 Å². The number of hydrogen-bond acceptors (Lipinski definition) is 18. The highest BCUT2D eigenvalue weighted by Gasteiger charge is 2.24. The highest BCUT2D eigenvalue weighted by atomic mass is 16.6. The summed E-state index contributed by atoms with van der Waals surface area (Å²) >= 11 is 0. The quantitative estimate of drug-likeness (QED) is 0.0276. The van der Waals surface area contributed by atoms with Crippen molar-refractivity contribution in [2.24, 2.45) is 23.3 Å². The second-order valence-electron chi connectivity index (χ2n) is 14.9. The minimum atomic E-state index is -0.884. The summed E-state index contributed by atoms with van der Waals surface area (Å²) in [6.07, 6.45) is 5.13. The molecule has 0 saturated heterocycles. The van der Waals surface area contributed by atoms with Crippen LogP contribution in [0.2, 0.25) is 0 Å². The molecule has 22 nitrogen and oxygen atoms in total. The van der Waals surface area contributed by atoms with Gasteiger partial charge in [0, 0.05) is 38.8 Å². The van der Waals surface area contributed by atoms with Gasteiger partial charge in [-0.05, 0) is 51.6 Å². The van der Waals surface area contributed by atoms with E-state index < -0.39 is 42.9 Å². The van der Waals surface area contributed by atoms with E-state index in [0.29, 0.717) is 156 Å². The van der Waals surface area contributed by atoms with Crippen LogP contribution >= 0.6 is 0 Å². The smallest absolute Gasteiger partial charge is 0.223 e. The van der Waals surface area contributed by atoms with Gasteiger partial charge in [-0.25, -0.2) is 0 Å². The Bertz CT molecular complexity index is 1310. The molecule has 3 atom stereocenters. The fourth-order valence-electron chi connectivity index (χ4n) is 5.58. The van der Waals surface area contributed by atoms with Crippen LogP contribution in [-0.2, 0) is 71.4 Å². The summed E-state index contributed by atoms with van der Waals surface area (Å²) in [5.41, 5.74) is 10.9. The topological polar surface area (TPSA) is 314 Å². The number of Topliss-reactive ketones (excluding diaryl/α,β-unsaturated/α-hetero) is 2. The van der Waals surface area contributed by atoms with Gasteiger partial charge in [-0.3, -0.25) is 28.8 Å². The Morgan fingerprint density at radius 2 is 0.864 bits per heavy atom. The summed E-state index contributed by atoms with van der Waals surface area (Å²) in [5.74, 6) is -3.84. The highest BCUT2D eigenvalue weighted by Crippen LogP contribution is 2.11. The Morgan fingerprint density at radius 1 is 0.515 bits per heavy atom. The Balaban J connectivity index is 3.40. The van der Waals surface area contributed by atoms with Crippen molar-refractivity contribution in [3.05, 3.63) is 11.6 Å². The second kappa shape index (κ2) is 45.3. The molecule has 0 aromatic heterocycles. The van der Waals surface area contributed by atoms with Crippen LogP contribution in [0.5, 0.6) is 0 Å². The Labute approximate surface area is 390 Å². The van der Waals surface area contributed by atoms with Crippen molar-refractivity contribution in [1.82, 2.24) is 16.0 Å². The molecule has 4 amide bonds. The third-order valence-electron chi connectivity index (χ3n) is 9.62. The Hall–Kier alpha value is -3.52. The largest absolute Gasteiger partial charge is 0.396 e. The predicted octanol–water partition coefficient (Wildman–Crippen LogP) is -1.26. The normalized spacial score (nSPS) is 13.0. The number of carbonyl (C=O) groups excluding carboxylic acids is 6. The van der Waals surface area contributed by atoms with Crippen LogP contribution in [-0.4, -0.2) is 204 Å². The lowest BCUT2D eigenvalue weighted by molar-refractivity contribution is -0.129. The molecule has 0 fully saturated rings. The maximum atomic E-state index is 12.3. The highest BCUT2D eigenvalue weighted by molar-refractivity contribution is 5.97. The number of nitrogens with two attached hydrogens (primary N) is 2. The van der Waals surface area contributed by atoms with Gasteiger partial charge in [0.25, 0.3) is 0 Å². The van der Waals surface area contributed by atoms with E-state index in [4.69, 9.17) is 59.2 Å². The van der Waals surface area contributed by atoms with Gasteiger partial charge in [-0.1, -0.05) is 6.08 Å². The molecule has 9 N–H and O–H groups in total. The molecule has 0 aliphatic heterocycles. The van der Waals surface area contributed by atoms with E-state index in [2.05, 4.69) is 16.0 Å². The number of ketones is 2. The molecule has 384 valence electrons.